The van der Waals surface area contributed by atoms with Crippen LogP contribution in [-0.4, -0.2) is 16.9 Å². The van der Waals surface area contributed by atoms with Crippen LogP contribution in [0.25, 0.3) is 0 Å². The van der Waals surface area contributed by atoms with Crippen LogP contribution in [0.15, 0.2) is 48.8 Å². The lowest BCUT2D eigenvalue weighted by Crippen LogP contribution is -2.44. The Bertz CT molecular complexity index is 705. The number of benzene rings is 1. The molecule has 0 saturated heterocycles. The number of nitrogens with zero attached hydrogens (tertiary/aromatic N) is 1. The molecule has 1 heterocycles. The smallest absolute Gasteiger partial charge is 0.306 e. The van der Waals surface area contributed by atoms with E-state index in [1.165, 1.54) is 36.7 Å². The number of halogens is 3. The van der Waals surface area contributed by atoms with Crippen molar-refractivity contribution in [2.45, 2.75) is 6.18 Å². The van der Waals surface area contributed by atoms with E-state index in [0.717, 1.165) is 12.1 Å². The van der Waals surface area contributed by atoms with E-state index in [1.807, 2.05) is 10.7 Å². The number of rotatable bonds is 2. The van der Waals surface area contributed by atoms with Crippen molar-refractivity contribution in [2.75, 3.05) is 5.32 Å². The van der Waals surface area contributed by atoms with Gasteiger partial charge in [-0.1, -0.05) is 12.1 Å². The monoisotopic (exact) mass is 324 g/mol. The second-order valence-corrected chi connectivity index (χ2v) is 4.31. The van der Waals surface area contributed by atoms with Crippen molar-refractivity contribution in [1.29, 1.82) is 0 Å². The lowest BCUT2D eigenvalue weighted by atomic mass is 10.1. The summed E-state index contributed by atoms with van der Waals surface area (Å²) in [5.41, 5.74) is 2.86. The fraction of sp³-hybridized carbons (Fsp3) is 0.0714. The molecule has 9 heteroatoms. The number of aromatic nitrogens is 1. The van der Waals surface area contributed by atoms with E-state index in [2.05, 4.69) is 10.4 Å². The van der Waals surface area contributed by atoms with Gasteiger partial charge in [0.05, 0.1) is 11.3 Å². The van der Waals surface area contributed by atoms with E-state index in [1.54, 1.807) is 0 Å². The maximum atomic E-state index is 12.8. The summed E-state index contributed by atoms with van der Waals surface area (Å²) in [4.78, 5) is 27.0. The number of nitrogens with one attached hydrogen (secondary N) is 3. The Morgan fingerprint density at radius 1 is 0.957 bits per heavy atom. The Kier molecular flexibility index (Phi) is 4.79. The summed E-state index contributed by atoms with van der Waals surface area (Å²) in [6.45, 7) is 0. The van der Waals surface area contributed by atoms with Gasteiger partial charge in [0.2, 0.25) is 0 Å². The third-order valence-corrected chi connectivity index (χ3v) is 2.71. The molecule has 3 amide bonds. The molecule has 2 rings (SSSR count). The van der Waals surface area contributed by atoms with Crippen molar-refractivity contribution in [2.24, 2.45) is 0 Å². The minimum Gasteiger partial charge on any atom is -0.306 e. The standard InChI is InChI=1S/C14H11F3N4O2/c15-14(16,17)10-3-1-2-4-11(10)19-13(23)21-20-12(22)9-5-7-18-8-6-9/h1-8H,(H,20,22)(H2,19,21,23). The maximum Gasteiger partial charge on any atom is 0.418 e. The summed E-state index contributed by atoms with van der Waals surface area (Å²) in [5.74, 6) is -0.633. The molecule has 6 nitrogen and oxygen atoms in total. The first-order valence-corrected chi connectivity index (χ1v) is 6.31. The molecule has 1 aromatic carbocycles. The number of amides is 3. The molecule has 0 fully saturated rings. The van der Waals surface area contributed by atoms with E-state index < -0.39 is 29.4 Å². The van der Waals surface area contributed by atoms with Gasteiger partial charge in [-0.25, -0.2) is 10.2 Å². The van der Waals surface area contributed by atoms with Crippen LogP contribution in [0.5, 0.6) is 0 Å². The van der Waals surface area contributed by atoms with Gasteiger partial charge in [-0.15, -0.1) is 0 Å². The van der Waals surface area contributed by atoms with Crippen LogP contribution in [0.1, 0.15) is 15.9 Å². The van der Waals surface area contributed by atoms with Crippen LogP contribution in [-0.2, 0) is 6.18 Å². The zero-order chi connectivity index (χ0) is 16.9. The van der Waals surface area contributed by atoms with E-state index in [9.17, 15) is 22.8 Å². The van der Waals surface area contributed by atoms with E-state index in [0.29, 0.717) is 0 Å². The Labute approximate surface area is 128 Å². The summed E-state index contributed by atoms with van der Waals surface area (Å²) in [7, 11) is 0. The van der Waals surface area contributed by atoms with Gasteiger partial charge in [-0.05, 0) is 24.3 Å². The number of pyridine rings is 1. The number of hydrogen-bond donors (Lipinski definition) is 3. The molecular weight excluding hydrogens is 313 g/mol. The SMILES string of the molecule is O=C(NNC(=O)c1ccncc1)Nc1ccccc1C(F)(F)F. The molecule has 0 saturated carbocycles. The van der Waals surface area contributed by atoms with Crippen LogP contribution < -0.4 is 16.2 Å². The van der Waals surface area contributed by atoms with Crippen LogP contribution in [0.2, 0.25) is 0 Å². The summed E-state index contributed by atoms with van der Waals surface area (Å²) in [6.07, 6.45) is -1.84. The number of para-hydroxylation sites is 1. The highest BCUT2D eigenvalue weighted by molar-refractivity contribution is 5.97. The van der Waals surface area contributed by atoms with Gasteiger partial charge in [0.15, 0.2) is 0 Å². The highest BCUT2D eigenvalue weighted by Crippen LogP contribution is 2.34. The Morgan fingerprint density at radius 2 is 1.61 bits per heavy atom. The van der Waals surface area contributed by atoms with Crippen molar-refractivity contribution >= 4 is 17.6 Å². The minimum absolute atomic E-state index is 0.232. The first kappa shape index (κ1) is 16.3. The van der Waals surface area contributed by atoms with E-state index in [4.69, 9.17) is 0 Å². The van der Waals surface area contributed by atoms with Crippen LogP contribution >= 0.6 is 0 Å². The third-order valence-electron chi connectivity index (χ3n) is 2.71. The fourth-order valence-electron chi connectivity index (χ4n) is 1.68. The quantitative estimate of drug-likeness (QED) is 0.743. The number of anilines is 1. The number of carbonyl (C=O) groups excluding carboxylic acids is 2. The predicted octanol–water partition coefficient (Wildman–Crippen LogP) is 2.57. The molecule has 0 aliphatic carbocycles. The second-order valence-electron chi connectivity index (χ2n) is 4.31. The first-order valence-electron chi connectivity index (χ1n) is 6.31. The molecule has 1 aromatic heterocycles. The molecule has 0 aliphatic heterocycles. The molecule has 0 radical (unpaired) electrons. The number of carbonyl (C=O) groups is 2. The van der Waals surface area contributed by atoms with Gasteiger partial charge in [-0.2, -0.15) is 13.2 Å². The van der Waals surface area contributed by atoms with Crippen LogP contribution in [0.3, 0.4) is 0 Å². The summed E-state index contributed by atoms with van der Waals surface area (Å²) in [6, 6.07) is 6.31. The normalized spacial score (nSPS) is 10.7. The topological polar surface area (TPSA) is 83.1 Å². The second kappa shape index (κ2) is 6.77. The van der Waals surface area contributed by atoms with Crippen molar-refractivity contribution < 1.29 is 22.8 Å². The Hall–Kier alpha value is -3.10. The molecule has 23 heavy (non-hydrogen) atoms. The molecule has 0 unspecified atom stereocenters. The van der Waals surface area contributed by atoms with Gasteiger partial charge in [-0.3, -0.25) is 15.2 Å². The van der Waals surface area contributed by atoms with E-state index in [-0.39, 0.29) is 5.56 Å². The number of urea groups is 1. The van der Waals surface area contributed by atoms with Crippen LogP contribution in [0, 0.1) is 0 Å². The van der Waals surface area contributed by atoms with Crippen molar-refractivity contribution in [3.63, 3.8) is 0 Å². The molecule has 0 bridgehead atoms. The summed E-state index contributed by atoms with van der Waals surface area (Å²) < 4.78 is 38.4. The lowest BCUT2D eigenvalue weighted by Gasteiger charge is -2.14. The Balaban J connectivity index is 1.97. The third kappa shape index (κ3) is 4.43. The average Bonchev–Trinajstić information content (AvgIpc) is 2.53. The molecule has 0 atom stereocenters. The van der Waals surface area contributed by atoms with Gasteiger partial charge in [0.1, 0.15) is 0 Å². The molecule has 120 valence electrons. The lowest BCUT2D eigenvalue weighted by molar-refractivity contribution is -0.136. The summed E-state index contributed by atoms with van der Waals surface area (Å²) in [5, 5.41) is 2.03. The number of alkyl halides is 3. The maximum absolute atomic E-state index is 12.8. The van der Waals surface area contributed by atoms with Gasteiger partial charge in [0, 0.05) is 18.0 Å². The molecule has 2 aromatic rings. The highest BCUT2D eigenvalue weighted by Gasteiger charge is 2.33. The van der Waals surface area contributed by atoms with Crippen molar-refractivity contribution in [1.82, 2.24) is 15.8 Å². The zero-order valence-corrected chi connectivity index (χ0v) is 11.5. The van der Waals surface area contributed by atoms with Gasteiger partial charge >= 0.3 is 12.2 Å². The summed E-state index contributed by atoms with van der Waals surface area (Å²) >= 11 is 0. The van der Waals surface area contributed by atoms with Crippen molar-refractivity contribution in [3.8, 4) is 0 Å². The average molecular weight is 324 g/mol. The predicted molar refractivity (Wildman–Crippen MR) is 75.3 cm³/mol. The Morgan fingerprint density at radius 3 is 2.26 bits per heavy atom. The highest BCUT2D eigenvalue weighted by atomic mass is 19.4. The van der Waals surface area contributed by atoms with Gasteiger partial charge < -0.3 is 5.32 Å². The molecular formula is C14H11F3N4O2. The van der Waals surface area contributed by atoms with E-state index >= 15 is 0 Å². The van der Waals surface area contributed by atoms with Crippen molar-refractivity contribution in [3.05, 3.63) is 59.9 Å². The molecule has 0 aliphatic rings. The molecule has 3 N–H and O–H groups in total. The van der Waals surface area contributed by atoms with Crippen LogP contribution in [0.4, 0.5) is 23.7 Å². The number of hydrogen-bond acceptors (Lipinski definition) is 3. The first-order chi connectivity index (χ1) is 10.9. The zero-order valence-electron chi connectivity index (χ0n) is 11.5. The minimum atomic E-state index is -4.61. The van der Waals surface area contributed by atoms with Gasteiger partial charge in [0.25, 0.3) is 5.91 Å². The fourth-order valence-corrected chi connectivity index (χ4v) is 1.68. The molecule has 0 spiro atoms. The largest absolute Gasteiger partial charge is 0.418 e. The number of hydrazine groups is 1.